The molecule has 56 heavy (non-hydrogen) atoms. The molecule has 2 fully saturated rings. The zero-order valence-electron chi connectivity index (χ0n) is 32.0. The van der Waals surface area contributed by atoms with E-state index in [2.05, 4.69) is 51.7 Å². The van der Waals surface area contributed by atoms with Crippen LogP contribution in [-0.2, 0) is 27.2 Å². The van der Waals surface area contributed by atoms with E-state index in [-0.39, 0.29) is 29.8 Å². The second-order valence-corrected chi connectivity index (χ2v) is 15.1. The molecule has 288 valence electrons. The number of likely N-dealkylation sites (tertiary alicyclic amines) is 2. The van der Waals surface area contributed by atoms with Crippen molar-refractivity contribution in [2.45, 2.75) is 82.3 Å². The number of imidazole rings is 2. The van der Waals surface area contributed by atoms with Crippen LogP contribution in [0.25, 0.3) is 22.1 Å². The number of hydrogen-bond acceptors (Lipinski definition) is 6. The highest BCUT2D eigenvalue weighted by Gasteiger charge is 2.37. The van der Waals surface area contributed by atoms with Crippen molar-refractivity contribution in [3.63, 3.8) is 0 Å². The topological polar surface area (TPSA) is 136 Å². The van der Waals surface area contributed by atoms with Gasteiger partial charge in [-0.15, -0.1) is 0 Å². The first-order valence-corrected chi connectivity index (χ1v) is 19.9. The van der Waals surface area contributed by atoms with Gasteiger partial charge >= 0.3 is 6.09 Å². The minimum atomic E-state index is -0.853. The van der Waals surface area contributed by atoms with E-state index in [1.165, 1.54) is 18.2 Å². The largest absolute Gasteiger partial charge is 0.453 e. The molecule has 6 aromatic rings. The van der Waals surface area contributed by atoms with Crippen molar-refractivity contribution in [1.29, 1.82) is 0 Å². The molecule has 0 aliphatic carbocycles. The van der Waals surface area contributed by atoms with Crippen LogP contribution in [0.4, 0.5) is 4.79 Å². The molecular formula is C45H49N7O4. The van der Waals surface area contributed by atoms with E-state index in [0.717, 1.165) is 97.2 Å². The number of unbranched alkanes of at least 4 members (excludes halogenated alkanes) is 1. The molecule has 0 saturated carbocycles. The van der Waals surface area contributed by atoms with Gasteiger partial charge in [-0.3, -0.25) is 9.59 Å². The Labute approximate surface area is 326 Å². The molecule has 8 rings (SSSR count). The number of aryl methyl sites for hydroxylation is 2. The average Bonchev–Trinajstić information content (AvgIpc) is 4.07. The number of nitrogens with zero attached hydrogens (tertiary/aromatic N) is 4. The molecule has 3 amide bonds. The lowest BCUT2D eigenvalue weighted by Gasteiger charge is -2.28. The molecule has 0 spiro atoms. The summed E-state index contributed by atoms with van der Waals surface area (Å²) in [5.41, 5.74) is 8.04. The number of ether oxygens (including phenoxy) is 1. The Bertz CT molecular complexity index is 2320. The molecule has 2 aliphatic heterocycles. The van der Waals surface area contributed by atoms with Gasteiger partial charge in [-0.1, -0.05) is 72.8 Å². The molecule has 4 atom stereocenters. The van der Waals surface area contributed by atoms with Gasteiger partial charge in [-0.25, -0.2) is 14.8 Å². The lowest BCUT2D eigenvalue weighted by Crippen LogP contribution is -2.42. The van der Waals surface area contributed by atoms with Gasteiger partial charge in [0, 0.05) is 13.1 Å². The summed E-state index contributed by atoms with van der Waals surface area (Å²) in [4.78, 5) is 60.4. The van der Waals surface area contributed by atoms with Crippen molar-refractivity contribution >= 4 is 40.0 Å². The molecular weight excluding hydrogens is 703 g/mol. The molecule has 2 aliphatic rings. The number of benzene rings is 4. The van der Waals surface area contributed by atoms with E-state index < -0.39 is 12.1 Å². The first-order valence-electron chi connectivity index (χ1n) is 19.9. The summed E-state index contributed by atoms with van der Waals surface area (Å²) in [6.07, 6.45) is 6.86. The fourth-order valence-electron chi connectivity index (χ4n) is 8.48. The van der Waals surface area contributed by atoms with Crippen LogP contribution in [0.2, 0.25) is 0 Å². The molecule has 11 heteroatoms. The van der Waals surface area contributed by atoms with Crippen LogP contribution in [0.3, 0.4) is 0 Å². The van der Waals surface area contributed by atoms with Gasteiger partial charge in [-0.05, 0) is 105 Å². The number of nitrogens with one attached hydrogen (secondary N) is 3. The predicted octanol–water partition coefficient (Wildman–Crippen LogP) is 8.23. The molecule has 0 unspecified atom stereocenters. The monoisotopic (exact) mass is 751 g/mol. The minimum absolute atomic E-state index is 0.0327. The summed E-state index contributed by atoms with van der Waals surface area (Å²) in [5, 5.41) is 2.73. The Morgan fingerprint density at radius 3 is 1.73 bits per heavy atom. The zero-order valence-corrected chi connectivity index (χ0v) is 32.0. The van der Waals surface area contributed by atoms with E-state index in [1.807, 2.05) is 77.4 Å². The standard InChI is InChI=1S/C45H49N7O4/c1-29(32-15-5-3-6-16-32)43(53)51-25-11-19-38(51)41-46-34-23-21-30(27-36(34)48-41)13-9-10-14-31-22-24-35-37(28-31)49-42(47-35)39-20-12-26-52(39)44(54)40(50-45(55)56-2)33-17-7-4-8-18-33/h3-8,15-18,21-24,27-29,38-40H,9-14,19-20,25-26H2,1-2H3,(H,46,48)(H,47,49)(H,50,55)/t29-,38+,39+,40-/m1/s1. The number of fused-ring (bicyclic) bond motifs is 2. The van der Waals surface area contributed by atoms with Gasteiger partial charge in [0.1, 0.15) is 17.7 Å². The van der Waals surface area contributed by atoms with Crippen LogP contribution in [0, 0.1) is 0 Å². The maximum absolute atomic E-state index is 13.9. The number of methoxy groups -OCH3 is 1. The number of aromatic amines is 2. The van der Waals surface area contributed by atoms with E-state index in [1.54, 1.807) is 0 Å². The van der Waals surface area contributed by atoms with Gasteiger partial charge in [0.15, 0.2) is 0 Å². The fraction of sp³-hybridized carbons (Fsp3) is 0.356. The van der Waals surface area contributed by atoms with E-state index in [4.69, 9.17) is 14.7 Å². The molecule has 2 aromatic heterocycles. The Morgan fingerprint density at radius 2 is 1.21 bits per heavy atom. The molecule has 3 N–H and O–H groups in total. The molecule has 4 aromatic carbocycles. The highest BCUT2D eigenvalue weighted by Crippen LogP contribution is 2.36. The van der Waals surface area contributed by atoms with Crippen LogP contribution in [0.1, 0.15) is 103 Å². The van der Waals surface area contributed by atoms with E-state index in [0.29, 0.717) is 12.1 Å². The average molecular weight is 752 g/mol. The Balaban J connectivity index is 0.878. The van der Waals surface area contributed by atoms with Crippen molar-refractivity contribution < 1.29 is 19.1 Å². The van der Waals surface area contributed by atoms with E-state index in [9.17, 15) is 14.4 Å². The van der Waals surface area contributed by atoms with Crippen molar-refractivity contribution in [2.75, 3.05) is 20.2 Å². The second-order valence-electron chi connectivity index (χ2n) is 15.1. The Morgan fingerprint density at radius 1 is 0.714 bits per heavy atom. The SMILES string of the molecule is COC(=O)N[C@@H](C(=O)N1CCC[C@H]1c1nc2ccc(CCCCc3ccc4nc([C@@H]5CCCN5C(=O)[C@H](C)c5ccccc5)[nH]c4c3)cc2[nH]1)c1ccccc1. The van der Waals surface area contributed by atoms with Crippen LogP contribution in [0.5, 0.6) is 0 Å². The first-order chi connectivity index (χ1) is 27.4. The van der Waals surface area contributed by atoms with Crippen LogP contribution < -0.4 is 5.32 Å². The molecule has 0 radical (unpaired) electrons. The third-order valence-electron chi connectivity index (χ3n) is 11.5. The number of amides is 3. The number of aromatic nitrogens is 4. The summed E-state index contributed by atoms with van der Waals surface area (Å²) < 4.78 is 4.84. The van der Waals surface area contributed by atoms with E-state index >= 15 is 0 Å². The first kappa shape index (κ1) is 37.0. The maximum Gasteiger partial charge on any atom is 0.407 e. The summed E-state index contributed by atoms with van der Waals surface area (Å²) in [6.45, 7) is 3.34. The molecule has 4 heterocycles. The van der Waals surface area contributed by atoms with Crippen LogP contribution in [-0.4, -0.2) is 67.8 Å². The number of hydrogen-bond donors (Lipinski definition) is 3. The smallest absolute Gasteiger partial charge is 0.407 e. The van der Waals surface area contributed by atoms with Gasteiger partial charge in [-0.2, -0.15) is 0 Å². The van der Waals surface area contributed by atoms with Crippen molar-refractivity contribution in [2.24, 2.45) is 0 Å². The summed E-state index contributed by atoms with van der Waals surface area (Å²) >= 11 is 0. The van der Waals surface area contributed by atoms with Gasteiger partial charge in [0.25, 0.3) is 5.91 Å². The fourth-order valence-corrected chi connectivity index (χ4v) is 8.48. The Hall–Kier alpha value is -5.97. The normalized spacial score (nSPS) is 18.0. The third-order valence-corrected chi connectivity index (χ3v) is 11.5. The Kier molecular flexibility index (Phi) is 10.8. The van der Waals surface area contributed by atoms with Crippen molar-refractivity contribution in [3.05, 3.63) is 131 Å². The second kappa shape index (κ2) is 16.4. The van der Waals surface area contributed by atoms with Crippen molar-refractivity contribution in [3.8, 4) is 0 Å². The highest BCUT2D eigenvalue weighted by atomic mass is 16.5. The summed E-state index contributed by atoms with van der Waals surface area (Å²) in [5.74, 6) is 1.42. The van der Waals surface area contributed by atoms with Gasteiger partial charge in [0.2, 0.25) is 5.91 Å². The summed E-state index contributed by atoms with van der Waals surface area (Å²) in [6, 6.07) is 31.0. The third kappa shape index (κ3) is 7.76. The number of alkyl carbamates (subject to hydrolysis) is 1. The number of H-pyrrole nitrogens is 2. The zero-order chi connectivity index (χ0) is 38.6. The maximum atomic E-state index is 13.9. The lowest BCUT2D eigenvalue weighted by molar-refractivity contribution is -0.135. The minimum Gasteiger partial charge on any atom is -0.453 e. The lowest BCUT2D eigenvalue weighted by atomic mass is 9.99. The molecule has 0 bridgehead atoms. The number of rotatable bonds is 12. The van der Waals surface area contributed by atoms with Crippen LogP contribution >= 0.6 is 0 Å². The predicted molar refractivity (Wildman–Crippen MR) is 216 cm³/mol. The van der Waals surface area contributed by atoms with Gasteiger partial charge in [0.05, 0.1) is 47.2 Å². The summed E-state index contributed by atoms with van der Waals surface area (Å²) in [7, 11) is 1.30. The quantitative estimate of drug-likeness (QED) is 0.108. The van der Waals surface area contributed by atoms with Gasteiger partial charge < -0.3 is 29.8 Å². The van der Waals surface area contributed by atoms with Crippen LogP contribution in [0.15, 0.2) is 97.1 Å². The highest BCUT2D eigenvalue weighted by molar-refractivity contribution is 5.88. The number of carbonyl (C=O) groups is 3. The van der Waals surface area contributed by atoms with Crippen molar-refractivity contribution in [1.82, 2.24) is 35.1 Å². The molecule has 11 nitrogen and oxygen atoms in total. The molecule has 2 saturated heterocycles. The number of carbonyl (C=O) groups excluding carboxylic acids is 3.